The molecule has 2 heterocycles. The van der Waals surface area contributed by atoms with E-state index in [2.05, 4.69) is 4.90 Å². The molecule has 4 heteroatoms. The average Bonchev–Trinajstić information content (AvgIpc) is 3.25. The average molecular weight is 314 g/mol. The number of hydrogen-bond donors (Lipinski definition) is 0. The highest BCUT2D eigenvalue weighted by molar-refractivity contribution is 5.97. The standard InChI is InChI=1S/C19H26N2O2/c22-18(16-7-2-1-3-8-16)10-11-19(23)21-14-6-9-17(21)15-20-12-4-5-13-20/h1-3,7-8,17H,4-6,9-15H2. The minimum atomic E-state index is 0.0641. The molecule has 2 saturated heterocycles. The molecule has 0 aliphatic carbocycles. The van der Waals surface area contributed by atoms with Crippen molar-refractivity contribution < 1.29 is 9.59 Å². The first kappa shape index (κ1) is 16.2. The Kier molecular flexibility index (Phi) is 5.44. The molecule has 2 aliphatic heterocycles. The first-order chi connectivity index (χ1) is 11.2. The van der Waals surface area contributed by atoms with E-state index in [1.165, 1.54) is 25.9 Å². The minimum absolute atomic E-state index is 0.0641. The van der Waals surface area contributed by atoms with Crippen LogP contribution < -0.4 is 0 Å². The second kappa shape index (κ2) is 7.73. The lowest BCUT2D eigenvalue weighted by Gasteiger charge is -2.28. The second-order valence-electron chi connectivity index (χ2n) is 6.68. The van der Waals surface area contributed by atoms with Gasteiger partial charge < -0.3 is 9.80 Å². The third-order valence-corrected chi connectivity index (χ3v) is 5.03. The van der Waals surface area contributed by atoms with E-state index in [0.29, 0.717) is 24.4 Å². The highest BCUT2D eigenvalue weighted by Crippen LogP contribution is 2.21. The maximum absolute atomic E-state index is 12.5. The molecule has 0 saturated carbocycles. The van der Waals surface area contributed by atoms with Crippen LogP contribution in [0.1, 0.15) is 48.9 Å². The highest BCUT2D eigenvalue weighted by atomic mass is 16.2. The maximum Gasteiger partial charge on any atom is 0.223 e. The fourth-order valence-corrected chi connectivity index (χ4v) is 3.75. The number of likely N-dealkylation sites (tertiary alicyclic amines) is 2. The molecule has 1 atom stereocenters. The number of benzene rings is 1. The monoisotopic (exact) mass is 314 g/mol. The summed E-state index contributed by atoms with van der Waals surface area (Å²) in [7, 11) is 0. The molecule has 23 heavy (non-hydrogen) atoms. The molecule has 0 radical (unpaired) electrons. The first-order valence-corrected chi connectivity index (χ1v) is 8.84. The molecule has 124 valence electrons. The van der Waals surface area contributed by atoms with Crippen molar-refractivity contribution in [2.75, 3.05) is 26.2 Å². The summed E-state index contributed by atoms with van der Waals surface area (Å²) in [6, 6.07) is 9.61. The van der Waals surface area contributed by atoms with Gasteiger partial charge in [-0.25, -0.2) is 0 Å². The van der Waals surface area contributed by atoms with Crippen LogP contribution in [0.4, 0.5) is 0 Å². The summed E-state index contributed by atoms with van der Waals surface area (Å²) >= 11 is 0. The lowest BCUT2D eigenvalue weighted by Crippen LogP contribution is -2.42. The van der Waals surface area contributed by atoms with Crippen molar-refractivity contribution in [2.45, 2.75) is 44.6 Å². The molecule has 2 aliphatic rings. The van der Waals surface area contributed by atoms with Crippen molar-refractivity contribution >= 4 is 11.7 Å². The molecule has 0 N–H and O–H groups in total. The van der Waals surface area contributed by atoms with E-state index in [1.54, 1.807) is 0 Å². The van der Waals surface area contributed by atoms with Crippen LogP contribution in [0, 0.1) is 0 Å². The minimum Gasteiger partial charge on any atom is -0.338 e. The van der Waals surface area contributed by atoms with Crippen molar-refractivity contribution in [3.63, 3.8) is 0 Å². The van der Waals surface area contributed by atoms with Gasteiger partial charge in [-0.05, 0) is 38.8 Å². The Morgan fingerprint density at radius 2 is 1.70 bits per heavy atom. The van der Waals surface area contributed by atoms with E-state index in [9.17, 15) is 9.59 Å². The Labute approximate surface area is 138 Å². The quantitative estimate of drug-likeness (QED) is 0.758. The Bertz CT molecular complexity index is 538. The zero-order chi connectivity index (χ0) is 16.1. The molecule has 1 amide bonds. The van der Waals surface area contributed by atoms with Crippen LogP contribution >= 0.6 is 0 Å². The predicted octanol–water partition coefficient (Wildman–Crippen LogP) is 2.74. The van der Waals surface area contributed by atoms with Crippen LogP contribution in [0.3, 0.4) is 0 Å². The number of amides is 1. The van der Waals surface area contributed by atoms with Crippen molar-refractivity contribution in [1.29, 1.82) is 0 Å². The summed E-state index contributed by atoms with van der Waals surface area (Å²) < 4.78 is 0. The summed E-state index contributed by atoms with van der Waals surface area (Å²) in [6.07, 6.45) is 5.42. The molecule has 1 aromatic rings. The number of nitrogens with zero attached hydrogens (tertiary/aromatic N) is 2. The lowest BCUT2D eigenvalue weighted by atomic mass is 10.1. The number of hydrogen-bond acceptors (Lipinski definition) is 3. The zero-order valence-corrected chi connectivity index (χ0v) is 13.7. The van der Waals surface area contributed by atoms with E-state index >= 15 is 0 Å². The third-order valence-electron chi connectivity index (χ3n) is 5.03. The van der Waals surface area contributed by atoms with Crippen LogP contribution in [0.25, 0.3) is 0 Å². The van der Waals surface area contributed by atoms with E-state index in [0.717, 1.165) is 25.9 Å². The van der Waals surface area contributed by atoms with Crippen LogP contribution in [-0.4, -0.2) is 53.7 Å². The van der Waals surface area contributed by atoms with Crippen molar-refractivity contribution in [3.8, 4) is 0 Å². The Balaban J connectivity index is 1.49. The number of ketones is 1. The van der Waals surface area contributed by atoms with Crippen LogP contribution in [-0.2, 0) is 4.79 Å². The molecular formula is C19H26N2O2. The summed E-state index contributed by atoms with van der Waals surface area (Å²) in [5, 5.41) is 0. The van der Waals surface area contributed by atoms with Gasteiger partial charge in [0.15, 0.2) is 5.78 Å². The van der Waals surface area contributed by atoms with E-state index in [4.69, 9.17) is 0 Å². The van der Waals surface area contributed by atoms with Crippen LogP contribution in [0.5, 0.6) is 0 Å². The number of carbonyl (C=O) groups excluding carboxylic acids is 2. The van der Waals surface area contributed by atoms with Crippen molar-refractivity contribution in [1.82, 2.24) is 9.80 Å². The normalized spacial score (nSPS) is 21.7. The molecule has 3 rings (SSSR count). The SMILES string of the molecule is O=C(CCC(=O)N1CCCC1CN1CCCC1)c1ccccc1. The highest BCUT2D eigenvalue weighted by Gasteiger charge is 2.30. The molecular weight excluding hydrogens is 288 g/mol. The van der Waals surface area contributed by atoms with Gasteiger partial charge in [0.05, 0.1) is 0 Å². The van der Waals surface area contributed by atoms with Gasteiger partial charge in [-0.1, -0.05) is 30.3 Å². The number of carbonyl (C=O) groups is 2. The molecule has 0 aromatic heterocycles. The Hall–Kier alpha value is -1.68. The van der Waals surface area contributed by atoms with Gasteiger partial charge in [-0.2, -0.15) is 0 Å². The van der Waals surface area contributed by atoms with E-state index in [-0.39, 0.29) is 11.7 Å². The number of rotatable bonds is 6. The van der Waals surface area contributed by atoms with E-state index in [1.807, 2.05) is 35.2 Å². The second-order valence-corrected chi connectivity index (χ2v) is 6.68. The summed E-state index contributed by atoms with van der Waals surface area (Å²) in [6.45, 7) is 4.21. The summed E-state index contributed by atoms with van der Waals surface area (Å²) in [5.41, 5.74) is 0.704. The van der Waals surface area contributed by atoms with Gasteiger partial charge in [0.2, 0.25) is 5.91 Å². The van der Waals surface area contributed by atoms with Crippen LogP contribution in [0.2, 0.25) is 0 Å². The van der Waals surface area contributed by atoms with Gasteiger partial charge in [0.1, 0.15) is 0 Å². The van der Waals surface area contributed by atoms with Gasteiger partial charge in [-0.15, -0.1) is 0 Å². The molecule has 1 unspecified atom stereocenters. The predicted molar refractivity (Wildman–Crippen MR) is 90.4 cm³/mol. The molecule has 4 nitrogen and oxygen atoms in total. The first-order valence-electron chi connectivity index (χ1n) is 8.84. The number of Topliss-reactive ketones (excluding diaryl/α,β-unsaturated/α-hetero) is 1. The molecule has 1 aromatic carbocycles. The van der Waals surface area contributed by atoms with E-state index < -0.39 is 0 Å². The topological polar surface area (TPSA) is 40.6 Å². The molecule has 0 bridgehead atoms. The smallest absolute Gasteiger partial charge is 0.223 e. The summed E-state index contributed by atoms with van der Waals surface area (Å²) in [5.74, 6) is 0.213. The fourth-order valence-electron chi connectivity index (χ4n) is 3.75. The van der Waals surface area contributed by atoms with Gasteiger partial charge >= 0.3 is 0 Å². The Morgan fingerprint density at radius 1 is 0.957 bits per heavy atom. The Morgan fingerprint density at radius 3 is 2.43 bits per heavy atom. The molecule has 0 spiro atoms. The zero-order valence-electron chi connectivity index (χ0n) is 13.7. The fraction of sp³-hybridized carbons (Fsp3) is 0.579. The van der Waals surface area contributed by atoms with Crippen molar-refractivity contribution in [2.24, 2.45) is 0 Å². The third kappa shape index (κ3) is 4.20. The van der Waals surface area contributed by atoms with Gasteiger partial charge in [0.25, 0.3) is 0 Å². The maximum atomic E-state index is 12.5. The van der Waals surface area contributed by atoms with Gasteiger partial charge in [0, 0.05) is 37.5 Å². The largest absolute Gasteiger partial charge is 0.338 e. The van der Waals surface area contributed by atoms with Gasteiger partial charge in [-0.3, -0.25) is 9.59 Å². The van der Waals surface area contributed by atoms with Crippen LogP contribution in [0.15, 0.2) is 30.3 Å². The lowest BCUT2D eigenvalue weighted by molar-refractivity contribution is -0.132. The van der Waals surface area contributed by atoms with Crippen molar-refractivity contribution in [3.05, 3.63) is 35.9 Å². The summed E-state index contributed by atoms with van der Waals surface area (Å²) in [4.78, 5) is 29.2. The molecule has 2 fully saturated rings.